The first-order valence-corrected chi connectivity index (χ1v) is 5.97. The molecule has 0 amide bonds. The third-order valence-electron chi connectivity index (χ3n) is 2.60. The third kappa shape index (κ3) is 3.47. The zero-order valence-corrected chi connectivity index (χ0v) is 10.6. The fourth-order valence-electron chi connectivity index (χ4n) is 1.56. The van der Waals surface area contributed by atoms with E-state index in [1.165, 1.54) is 18.2 Å². The summed E-state index contributed by atoms with van der Waals surface area (Å²) < 4.78 is 18.7. The highest BCUT2D eigenvalue weighted by Gasteiger charge is 2.10. The van der Waals surface area contributed by atoms with Gasteiger partial charge in [0.1, 0.15) is 18.2 Å². The second-order valence-corrected chi connectivity index (χ2v) is 4.32. The lowest BCUT2D eigenvalue weighted by Gasteiger charge is -2.08. The summed E-state index contributed by atoms with van der Waals surface area (Å²) >= 11 is 5.81. The molecule has 2 N–H and O–H groups in total. The van der Waals surface area contributed by atoms with Gasteiger partial charge in [-0.3, -0.25) is 0 Å². The molecule has 6 heteroatoms. The van der Waals surface area contributed by atoms with Gasteiger partial charge in [-0.25, -0.2) is 4.39 Å². The second-order valence-electron chi connectivity index (χ2n) is 3.94. The van der Waals surface area contributed by atoms with E-state index in [2.05, 4.69) is 0 Å². The number of hydrogen-bond donors (Lipinski definition) is 2. The topological polar surface area (TPSA) is 49.7 Å². The fourth-order valence-corrected chi connectivity index (χ4v) is 1.74. The summed E-state index contributed by atoms with van der Waals surface area (Å²) in [4.78, 5) is 0. The minimum Gasteiger partial charge on any atom is -0.489 e. The van der Waals surface area contributed by atoms with Crippen LogP contribution in [0.4, 0.5) is 4.39 Å². The second kappa shape index (κ2) is 6.06. The number of halogens is 2. The molecule has 19 heavy (non-hydrogen) atoms. The summed E-state index contributed by atoms with van der Waals surface area (Å²) in [5.41, 5.74) is 0.920. The molecule has 0 unspecified atom stereocenters. The molecule has 98 valence electrons. The quantitative estimate of drug-likeness (QED) is 0.839. The lowest BCUT2D eigenvalue weighted by Crippen LogP contribution is -2.29. The zero-order chi connectivity index (χ0) is 13.8. The normalized spacial score (nSPS) is 10.3. The molecule has 0 heterocycles. The number of benzene rings is 2. The van der Waals surface area contributed by atoms with Crippen LogP contribution >= 0.6 is 11.6 Å². The molecule has 0 bridgehead atoms. The van der Waals surface area contributed by atoms with Crippen LogP contribution in [0, 0.1) is 5.82 Å². The van der Waals surface area contributed by atoms with Gasteiger partial charge in [-0.05, 0) is 23.7 Å². The maximum atomic E-state index is 13.2. The molecule has 0 saturated heterocycles. The Bertz CT molecular complexity index is 560. The van der Waals surface area contributed by atoms with Crippen LogP contribution in [0.1, 0.15) is 5.56 Å². The van der Waals surface area contributed by atoms with Crippen LogP contribution in [0.2, 0.25) is 5.02 Å². The van der Waals surface area contributed by atoms with E-state index in [4.69, 9.17) is 26.4 Å². The van der Waals surface area contributed by atoms with Crippen LogP contribution in [0.3, 0.4) is 0 Å². The van der Waals surface area contributed by atoms with Gasteiger partial charge in [0, 0.05) is 5.56 Å². The average molecular weight is 280 g/mol. The minimum atomic E-state index is -1.51. The molecule has 2 rings (SSSR count). The lowest BCUT2D eigenvalue weighted by molar-refractivity contribution is 0.305. The molecular formula is C13H11BClFO3. The predicted octanol–water partition coefficient (Wildman–Crippen LogP) is 1.74. The van der Waals surface area contributed by atoms with Crippen LogP contribution in [0.15, 0.2) is 42.5 Å². The first-order chi connectivity index (χ1) is 9.08. The molecule has 0 fully saturated rings. The number of hydrogen-bond acceptors (Lipinski definition) is 3. The molecule has 2 aromatic rings. The van der Waals surface area contributed by atoms with Crippen molar-refractivity contribution < 1.29 is 19.2 Å². The lowest BCUT2D eigenvalue weighted by atomic mass is 9.80. The van der Waals surface area contributed by atoms with Crippen LogP contribution in [0.25, 0.3) is 0 Å². The number of ether oxygens (including phenoxy) is 1. The van der Waals surface area contributed by atoms with Crippen molar-refractivity contribution in [3.8, 4) is 5.75 Å². The molecule has 2 aromatic carbocycles. The Morgan fingerprint density at radius 1 is 1.11 bits per heavy atom. The van der Waals surface area contributed by atoms with Gasteiger partial charge in [0.15, 0.2) is 0 Å². The molecule has 3 nitrogen and oxygen atoms in total. The Labute approximate surface area is 115 Å². The van der Waals surface area contributed by atoms with Crippen LogP contribution in [-0.2, 0) is 6.61 Å². The maximum Gasteiger partial charge on any atom is 0.488 e. The van der Waals surface area contributed by atoms with Crippen molar-refractivity contribution in [1.29, 1.82) is 0 Å². The van der Waals surface area contributed by atoms with Gasteiger partial charge in [-0.1, -0.05) is 35.9 Å². The van der Waals surface area contributed by atoms with Crippen molar-refractivity contribution in [2.45, 2.75) is 6.61 Å². The van der Waals surface area contributed by atoms with Crippen molar-refractivity contribution in [3.63, 3.8) is 0 Å². The average Bonchev–Trinajstić information content (AvgIpc) is 2.41. The third-order valence-corrected chi connectivity index (χ3v) is 3.03. The van der Waals surface area contributed by atoms with Gasteiger partial charge in [0.25, 0.3) is 0 Å². The molecule has 0 aliphatic rings. The highest BCUT2D eigenvalue weighted by molar-refractivity contribution is 6.58. The van der Waals surface area contributed by atoms with Crippen molar-refractivity contribution in [1.82, 2.24) is 0 Å². The van der Waals surface area contributed by atoms with Crippen LogP contribution in [-0.4, -0.2) is 17.2 Å². The monoisotopic (exact) mass is 280 g/mol. The van der Waals surface area contributed by atoms with Gasteiger partial charge in [0.2, 0.25) is 0 Å². The van der Waals surface area contributed by atoms with Gasteiger partial charge >= 0.3 is 7.12 Å². The predicted molar refractivity (Wildman–Crippen MR) is 72.0 cm³/mol. The molecular weight excluding hydrogens is 269 g/mol. The van der Waals surface area contributed by atoms with Gasteiger partial charge in [0.05, 0.1) is 5.02 Å². The van der Waals surface area contributed by atoms with Crippen LogP contribution in [0.5, 0.6) is 5.75 Å². The van der Waals surface area contributed by atoms with E-state index in [1.54, 1.807) is 24.3 Å². The molecule has 0 radical (unpaired) electrons. The number of rotatable bonds is 4. The largest absolute Gasteiger partial charge is 0.489 e. The molecule has 0 aliphatic heterocycles. The van der Waals surface area contributed by atoms with E-state index in [0.717, 1.165) is 0 Å². The Kier molecular flexibility index (Phi) is 4.42. The molecule has 0 aromatic heterocycles. The minimum absolute atomic E-state index is 0.0462. The smallest absolute Gasteiger partial charge is 0.488 e. The maximum absolute atomic E-state index is 13.2. The Morgan fingerprint density at radius 2 is 1.79 bits per heavy atom. The molecule has 0 atom stereocenters. The fraction of sp³-hybridized carbons (Fsp3) is 0.0769. The van der Waals surface area contributed by atoms with E-state index in [9.17, 15) is 4.39 Å². The first kappa shape index (κ1) is 13.9. The van der Waals surface area contributed by atoms with E-state index in [1.807, 2.05) is 0 Å². The molecule has 0 spiro atoms. The molecule has 0 aliphatic carbocycles. The highest BCUT2D eigenvalue weighted by atomic mass is 35.5. The summed E-state index contributed by atoms with van der Waals surface area (Å²) in [6.07, 6.45) is 0. The highest BCUT2D eigenvalue weighted by Crippen LogP contribution is 2.21. The summed E-state index contributed by atoms with van der Waals surface area (Å²) in [6.45, 7) is 0.137. The van der Waals surface area contributed by atoms with Gasteiger partial charge in [-0.15, -0.1) is 0 Å². The van der Waals surface area contributed by atoms with E-state index >= 15 is 0 Å². The summed E-state index contributed by atoms with van der Waals surface area (Å²) in [6, 6.07) is 10.8. The van der Waals surface area contributed by atoms with Gasteiger partial charge in [-0.2, -0.15) is 0 Å². The van der Waals surface area contributed by atoms with Crippen LogP contribution < -0.4 is 10.2 Å². The zero-order valence-electron chi connectivity index (χ0n) is 9.88. The Balaban J connectivity index is 2.04. The van der Waals surface area contributed by atoms with Crippen molar-refractivity contribution >= 4 is 24.2 Å². The standard InChI is InChI=1S/C13H11BClFO3/c15-13-9(2-1-3-12(13)16)8-19-11-6-4-10(5-7-11)14(17)18/h1-7,17-18H,8H2. The summed E-state index contributed by atoms with van der Waals surface area (Å²) in [5, 5.41) is 17.9. The SMILES string of the molecule is OB(O)c1ccc(OCc2cccc(F)c2Cl)cc1. The van der Waals surface area contributed by atoms with Crippen molar-refractivity contribution in [3.05, 3.63) is 58.9 Å². The van der Waals surface area contributed by atoms with E-state index in [0.29, 0.717) is 16.8 Å². The summed E-state index contributed by atoms with van der Waals surface area (Å²) in [5.74, 6) is 0.0474. The van der Waals surface area contributed by atoms with Crippen molar-refractivity contribution in [2.24, 2.45) is 0 Å². The summed E-state index contributed by atoms with van der Waals surface area (Å²) in [7, 11) is -1.51. The first-order valence-electron chi connectivity index (χ1n) is 5.59. The van der Waals surface area contributed by atoms with Gasteiger partial charge < -0.3 is 14.8 Å². The van der Waals surface area contributed by atoms with E-state index < -0.39 is 12.9 Å². The molecule has 0 saturated carbocycles. The Morgan fingerprint density at radius 3 is 2.42 bits per heavy atom. The van der Waals surface area contributed by atoms with E-state index in [-0.39, 0.29) is 11.6 Å². The Hall–Kier alpha value is -1.56. The van der Waals surface area contributed by atoms with Crippen molar-refractivity contribution in [2.75, 3.05) is 0 Å².